The van der Waals surface area contributed by atoms with E-state index in [1.807, 2.05) is 49.4 Å². The van der Waals surface area contributed by atoms with Crippen molar-refractivity contribution in [2.75, 3.05) is 26.7 Å². The fourth-order valence-corrected chi connectivity index (χ4v) is 3.27. The standard InChI is InChI=1S/C21H27N5O2/c1-16-14-23-19(24-16)15-25(2)20(27)13-18-21(28)22-10-12-26(18)11-6-9-17-7-4-3-5-8-17/h3-9,14,18H,10-13,15H2,1-2H3,(H,22,28)(H,23,24). The minimum Gasteiger partial charge on any atom is -0.353 e. The first kappa shape index (κ1) is 19.8. The summed E-state index contributed by atoms with van der Waals surface area (Å²) in [6, 6.07) is 9.58. The van der Waals surface area contributed by atoms with Gasteiger partial charge in [-0.2, -0.15) is 0 Å². The van der Waals surface area contributed by atoms with Gasteiger partial charge >= 0.3 is 0 Å². The smallest absolute Gasteiger partial charge is 0.237 e. The van der Waals surface area contributed by atoms with E-state index in [1.54, 1.807) is 18.1 Å². The Morgan fingerprint density at radius 3 is 2.86 bits per heavy atom. The maximum atomic E-state index is 12.7. The van der Waals surface area contributed by atoms with Gasteiger partial charge in [-0.25, -0.2) is 4.98 Å². The molecule has 1 fully saturated rings. The fourth-order valence-electron chi connectivity index (χ4n) is 3.27. The average Bonchev–Trinajstić information content (AvgIpc) is 3.09. The lowest BCUT2D eigenvalue weighted by molar-refractivity contribution is -0.138. The largest absolute Gasteiger partial charge is 0.353 e. The molecule has 0 bridgehead atoms. The van der Waals surface area contributed by atoms with E-state index in [9.17, 15) is 9.59 Å². The van der Waals surface area contributed by atoms with Crippen molar-refractivity contribution in [3.63, 3.8) is 0 Å². The number of carbonyl (C=O) groups excluding carboxylic acids is 2. The molecule has 7 heteroatoms. The van der Waals surface area contributed by atoms with Crippen molar-refractivity contribution >= 4 is 17.9 Å². The van der Waals surface area contributed by atoms with E-state index in [-0.39, 0.29) is 18.2 Å². The highest BCUT2D eigenvalue weighted by Crippen LogP contribution is 2.12. The third kappa shape index (κ3) is 5.29. The Morgan fingerprint density at radius 1 is 1.36 bits per heavy atom. The van der Waals surface area contributed by atoms with Crippen LogP contribution in [0, 0.1) is 6.92 Å². The number of nitrogens with zero attached hydrogens (tertiary/aromatic N) is 3. The predicted octanol–water partition coefficient (Wildman–Crippen LogP) is 1.58. The number of rotatable bonds is 7. The molecule has 0 saturated carbocycles. The van der Waals surface area contributed by atoms with Gasteiger partial charge in [0.25, 0.3) is 0 Å². The van der Waals surface area contributed by atoms with Gasteiger partial charge in [0.15, 0.2) is 0 Å². The van der Waals surface area contributed by atoms with Crippen LogP contribution in [0.15, 0.2) is 42.6 Å². The normalized spacial score (nSPS) is 17.6. The summed E-state index contributed by atoms with van der Waals surface area (Å²) in [7, 11) is 1.74. The van der Waals surface area contributed by atoms with Gasteiger partial charge in [0, 0.05) is 38.6 Å². The summed E-state index contributed by atoms with van der Waals surface area (Å²) >= 11 is 0. The minimum absolute atomic E-state index is 0.0758. The lowest BCUT2D eigenvalue weighted by atomic mass is 10.1. The number of hydrogen-bond acceptors (Lipinski definition) is 4. The van der Waals surface area contributed by atoms with E-state index in [0.717, 1.165) is 23.6 Å². The van der Waals surface area contributed by atoms with Crippen molar-refractivity contribution in [3.05, 3.63) is 59.7 Å². The number of piperazine rings is 1. The highest BCUT2D eigenvalue weighted by molar-refractivity contribution is 5.88. The number of hydrogen-bond donors (Lipinski definition) is 2. The van der Waals surface area contributed by atoms with Crippen molar-refractivity contribution < 1.29 is 9.59 Å². The Balaban J connectivity index is 1.59. The number of nitrogens with one attached hydrogen (secondary N) is 2. The van der Waals surface area contributed by atoms with Crippen LogP contribution in [-0.4, -0.2) is 64.3 Å². The zero-order chi connectivity index (χ0) is 19.9. The van der Waals surface area contributed by atoms with Crippen LogP contribution in [0.2, 0.25) is 0 Å². The van der Waals surface area contributed by atoms with Crippen LogP contribution in [0.5, 0.6) is 0 Å². The monoisotopic (exact) mass is 381 g/mol. The first-order chi connectivity index (χ1) is 13.5. The lowest BCUT2D eigenvalue weighted by Crippen LogP contribution is -2.56. The summed E-state index contributed by atoms with van der Waals surface area (Å²) in [5.41, 5.74) is 2.07. The Kier molecular flexibility index (Phi) is 6.60. The predicted molar refractivity (Wildman–Crippen MR) is 108 cm³/mol. The van der Waals surface area contributed by atoms with Crippen LogP contribution >= 0.6 is 0 Å². The second-order valence-corrected chi connectivity index (χ2v) is 7.08. The van der Waals surface area contributed by atoms with E-state index >= 15 is 0 Å². The van der Waals surface area contributed by atoms with Crippen LogP contribution in [0.1, 0.15) is 23.5 Å². The highest BCUT2D eigenvalue weighted by Gasteiger charge is 2.31. The van der Waals surface area contributed by atoms with Crippen molar-refractivity contribution in [2.45, 2.75) is 25.9 Å². The van der Waals surface area contributed by atoms with Crippen LogP contribution in [-0.2, 0) is 16.1 Å². The molecule has 1 aromatic heterocycles. The Bertz CT molecular complexity index is 830. The quantitative estimate of drug-likeness (QED) is 0.763. The topological polar surface area (TPSA) is 81.3 Å². The number of aromatic nitrogens is 2. The van der Waals surface area contributed by atoms with Gasteiger partial charge in [-0.15, -0.1) is 0 Å². The lowest BCUT2D eigenvalue weighted by Gasteiger charge is -2.34. The Morgan fingerprint density at radius 2 is 2.14 bits per heavy atom. The number of imidazole rings is 1. The molecule has 2 heterocycles. The van der Waals surface area contributed by atoms with Gasteiger partial charge < -0.3 is 15.2 Å². The second kappa shape index (κ2) is 9.32. The maximum absolute atomic E-state index is 12.7. The minimum atomic E-state index is -0.456. The molecule has 7 nitrogen and oxygen atoms in total. The van der Waals surface area contributed by atoms with Gasteiger partial charge in [0.1, 0.15) is 5.82 Å². The number of H-pyrrole nitrogens is 1. The number of aromatic amines is 1. The fraction of sp³-hybridized carbons (Fsp3) is 0.381. The Hall–Kier alpha value is -2.93. The Labute approximate surface area is 165 Å². The average molecular weight is 381 g/mol. The summed E-state index contributed by atoms with van der Waals surface area (Å²) in [5, 5.41) is 2.87. The van der Waals surface area contributed by atoms with Gasteiger partial charge in [-0.05, 0) is 12.5 Å². The molecule has 1 aliphatic rings. The van der Waals surface area contributed by atoms with Crippen molar-refractivity contribution in [1.29, 1.82) is 0 Å². The van der Waals surface area contributed by atoms with Crippen LogP contribution in [0.4, 0.5) is 0 Å². The number of amides is 2. The molecule has 2 amide bonds. The molecule has 1 unspecified atom stereocenters. The third-order valence-corrected chi connectivity index (χ3v) is 4.83. The zero-order valence-electron chi connectivity index (χ0n) is 16.4. The first-order valence-electron chi connectivity index (χ1n) is 9.50. The molecular formula is C21H27N5O2. The van der Waals surface area contributed by atoms with Gasteiger partial charge in [0.05, 0.1) is 19.0 Å². The SMILES string of the molecule is Cc1cnc(CN(C)C(=O)CC2C(=O)NCCN2CC=Cc2ccccc2)[nH]1. The summed E-state index contributed by atoms with van der Waals surface area (Å²) < 4.78 is 0. The summed E-state index contributed by atoms with van der Waals surface area (Å²) in [5.74, 6) is 0.576. The molecule has 2 N–H and O–H groups in total. The van der Waals surface area contributed by atoms with Gasteiger partial charge in [-0.1, -0.05) is 42.5 Å². The van der Waals surface area contributed by atoms with E-state index in [4.69, 9.17) is 0 Å². The molecular weight excluding hydrogens is 354 g/mol. The van der Waals surface area contributed by atoms with E-state index in [2.05, 4.69) is 20.2 Å². The second-order valence-electron chi connectivity index (χ2n) is 7.08. The molecule has 3 rings (SSSR count). The van der Waals surface area contributed by atoms with Gasteiger partial charge in [-0.3, -0.25) is 14.5 Å². The van der Waals surface area contributed by atoms with Crippen molar-refractivity contribution in [1.82, 2.24) is 25.1 Å². The maximum Gasteiger partial charge on any atom is 0.237 e. The summed E-state index contributed by atoms with van der Waals surface area (Å²) in [4.78, 5) is 36.1. The molecule has 0 aliphatic carbocycles. The van der Waals surface area contributed by atoms with E-state index < -0.39 is 6.04 Å². The third-order valence-electron chi connectivity index (χ3n) is 4.83. The molecule has 148 valence electrons. The summed E-state index contributed by atoms with van der Waals surface area (Å²) in [6.45, 7) is 4.27. The highest BCUT2D eigenvalue weighted by atomic mass is 16.2. The molecule has 0 radical (unpaired) electrons. The molecule has 2 aromatic rings. The summed E-state index contributed by atoms with van der Waals surface area (Å²) in [6.07, 6.45) is 5.97. The molecule has 1 saturated heterocycles. The van der Waals surface area contributed by atoms with Crippen molar-refractivity contribution in [2.24, 2.45) is 0 Å². The van der Waals surface area contributed by atoms with Crippen LogP contribution in [0.3, 0.4) is 0 Å². The first-order valence-corrected chi connectivity index (χ1v) is 9.50. The molecule has 28 heavy (non-hydrogen) atoms. The number of aryl methyl sites for hydroxylation is 1. The molecule has 1 aliphatic heterocycles. The van der Waals surface area contributed by atoms with Crippen molar-refractivity contribution in [3.8, 4) is 0 Å². The van der Waals surface area contributed by atoms with Gasteiger partial charge in [0.2, 0.25) is 11.8 Å². The molecule has 1 atom stereocenters. The van der Waals surface area contributed by atoms with E-state index in [1.165, 1.54) is 0 Å². The number of carbonyl (C=O) groups is 2. The van der Waals surface area contributed by atoms with E-state index in [0.29, 0.717) is 19.6 Å². The van der Waals surface area contributed by atoms with Crippen LogP contribution < -0.4 is 5.32 Å². The number of benzene rings is 1. The molecule has 0 spiro atoms. The molecule has 1 aromatic carbocycles. The zero-order valence-corrected chi connectivity index (χ0v) is 16.4. The van der Waals surface area contributed by atoms with Crippen LogP contribution in [0.25, 0.3) is 6.08 Å².